The van der Waals surface area contributed by atoms with Crippen molar-refractivity contribution in [3.8, 4) is 5.88 Å². The van der Waals surface area contributed by atoms with E-state index in [-0.39, 0.29) is 5.82 Å². The van der Waals surface area contributed by atoms with Gasteiger partial charge in [-0.1, -0.05) is 12.1 Å². The molecular formula is C17H23F2N3O. The first-order valence-corrected chi connectivity index (χ1v) is 7.65. The number of hydrogen-bond donors (Lipinski definition) is 1. The molecule has 0 radical (unpaired) electrons. The number of halogens is 2. The van der Waals surface area contributed by atoms with E-state index in [0.29, 0.717) is 32.0 Å². The highest BCUT2D eigenvalue weighted by Crippen LogP contribution is 2.20. The summed E-state index contributed by atoms with van der Waals surface area (Å²) < 4.78 is 34.1. The Kier molecular flexibility index (Phi) is 5.71. The maximum Gasteiger partial charge on any atom is 0.212 e. The molecule has 0 unspecified atom stereocenters. The third-order valence-corrected chi connectivity index (χ3v) is 3.37. The van der Waals surface area contributed by atoms with Gasteiger partial charge in [0.1, 0.15) is 18.1 Å². The lowest BCUT2D eigenvalue weighted by molar-refractivity contribution is 0.183. The Morgan fingerprint density at radius 3 is 2.57 bits per heavy atom. The van der Waals surface area contributed by atoms with Crippen molar-refractivity contribution in [1.82, 2.24) is 15.1 Å². The summed E-state index contributed by atoms with van der Waals surface area (Å²) in [6, 6.07) is 7.98. The van der Waals surface area contributed by atoms with Crippen LogP contribution in [0.1, 0.15) is 31.5 Å². The monoisotopic (exact) mass is 323 g/mol. The van der Waals surface area contributed by atoms with E-state index in [1.54, 1.807) is 30.7 Å². The molecule has 6 heteroatoms. The second kappa shape index (κ2) is 7.55. The predicted molar refractivity (Wildman–Crippen MR) is 85.5 cm³/mol. The van der Waals surface area contributed by atoms with Gasteiger partial charge in [-0.25, -0.2) is 13.5 Å². The molecule has 0 amide bonds. The average Bonchev–Trinajstić information content (AvgIpc) is 2.86. The Morgan fingerprint density at radius 2 is 1.96 bits per heavy atom. The van der Waals surface area contributed by atoms with Gasteiger partial charge in [-0.3, -0.25) is 0 Å². The lowest BCUT2D eigenvalue weighted by atomic mass is 10.1. The smallest absolute Gasteiger partial charge is 0.212 e. The molecule has 0 aliphatic rings. The summed E-state index contributed by atoms with van der Waals surface area (Å²) in [5, 5.41) is 7.46. The number of alkyl halides is 1. The highest BCUT2D eigenvalue weighted by atomic mass is 19.1. The lowest BCUT2D eigenvalue weighted by Gasteiger charge is -2.15. The highest BCUT2D eigenvalue weighted by Gasteiger charge is 2.17. The van der Waals surface area contributed by atoms with Crippen molar-refractivity contribution in [3.05, 3.63) is 47.4 Å². The van der Waals surface area contributed by atoms with E-state index in [2.05, 4.69) is 10.4 Å². The molecule has 0 fully saturated rings. The van der Waals surface area contributed by atoms with Crippen LogP contribution in [-0.4, -0.2) is 22.5 Å². The van der Waals surface area contributed by atoms with Crippen LogP contribution in [0.5, 0.6) is 5.88 Å². The Hall–Kier alpha value is -1.95. The summed E-state index contributed by atoms with van der Waals surface area (Å²) in [5.41, 5.74) is 0.432. The molecule has 23 heavy (non-hydrogen) atoms. The SMILES string of the molecule is CNCc1cc(OCc2ccc(F)cc2)n(CCC(C)(C)F)n1. The maximum absolute atomic E-state index is 13.7. The summed E-state index contributed by atoms with van der Waals surface area (Å²) >= 11 is 0. The summed E-state index contributed by atoms with van der Waals surface area (Å²) in [6.45, 7) is 4.45. The minimum Gasteiger partial charge on any atom is -0.473 e. The number of nitrogens with zero attached hydrogens (tertiary/aromatic N) is 2. The molecule has 2 rings (SSSR count). The van der Waals surface area contributed by atoms with Crippen LogP contribution in [0.25, 0.3) is 0 Å². The topological polar surface area (TPSA) is 39.1 Å². The van der Waals surface area contributed by atoms with Gasteiger partial charge in [-0.05, 0) is 38.6 Å². The molecule has 1 aromatic heterocycles. The molecule has 1 heterocycles. The number of rotatable bonds is 8. The maximum atomic E-state index is 13.7. The van der Waals surface area contributed by atoms with E-state index in [1.807, 2.05) is 13.1 Å². The van der Waals surface area contributed by atoms with Gasteiger partial charge in [0.2, 0.25) is 5.88 Å². The van der Waals surface area contributed by atoms with E-state index in [1.165, 1.54) is 12.1 Å². The minimum atomic E-state index is -1.26. The molecule has 0 atom stereocenters. The summed E-state index contributed by atoms with van der Waals surface area (Å²) in [7, 11) is 1.84. The average molecular weight is 323 g/mol. The molecule has 0 spiro atoms. The first-order chi connectivity index (χ1) is 10.9. The van der Waals surface area contributed by atoms with E-state index < -0.39 is 5.67 Å². The van der Waals surface area contributed by atoms with E-state index in [4.69, 9.17) is 4.74 Å². The zero-order valence-corrected chi connectivity index (χ0v) is 13.8. The molecule has 0 aliphatic heterocycles. The largest absolute Gasteiger partial charge is 0.473 e. The Bertz CT molecular complexity index is 618. The van der Waals surface area contributed by atoms with Crippen molar-refractivity contribution in [1.29, 1.82) is 0 Å². The van der Waals surface area contributed by atoms with Crippen LogP contribution >= 0.6 is 0 Å². The van der Waals surface area contributed by atoms with Gasteiger partial charge in [-0.2, -0.15) is 5.10 Å². The van der Waals surface area contributed by atoms with Crippen molar-refractivity contribution in [3.63, 3.8) is 0 Å². The normalized spacial score (nSPS) is 11.7. The first kappa shape index (κ1) is 17.4. The van der Waals surface area contributed by atoms with Gasteiger partial charge in [0.05, 0.1) is 5.69 Å². The van der Waals surface area contributed by atoms with Gasteiger partial charge in [0, 0.05) is 25.6 Å². The summed E-state index contributed by atoms with van der Waals surface area (Å²) in [5.74, 6) is 0.309. The highest BCUT2D eigenvalue weighted by molar-refractivity contribution is 5.19. The van der Waals surface area contributed by atoms with Crippen LogP contribution in [0, 0.1) is 5.82 Å². The summed E-state index contributed by atoms with van der Waals surface area (Å²) in [6.07, 6.45) is 0.348. The van der Waals surface area contributed by atoms with Gasteiger partial charge in [0.25, 0.3) is 0 Å². The van der Waals surface area contributed by atoms with Crippen molar-refractivity contribution in [2.75, 3.05) is 7.05 Å². The molecule has 0 bridgehead atoms. The molecule has 4 nitrogen and oxygen atoms in total. The zero-order chi connectivity index (χ0) is 16.9. The Morgan fingerprint density at radius 1 is 1.26 bits per heavy atom. The van der Waals surface area contributed by atoms with Crippen molar-refractivity contribution < 1.29 is 13.5 Å². The summed E-state index contributed by atoms with van der Waals surface area (Å²) in [4.78, 5) is 0. The fourth-order valence-electron chi connectivity index (χ4n) is 2.10. The van der Waals surface area contributed by atoms with E-state index in [0.717, 1.165) is 11.3 Å². The molecule has 1 aromatic carbocycles. The van der Waals surface area contributed by atoms with Crippen LogP contribution in [0.4, 0.5) is 8.78 Å². The van der Waals surface area contributed by atoms with Gasteiger partial charge in [-0.15, -0.1) is 0 Å². The van der Waals surface area contributed by atoms with Crippen LogP contribution in [0.2, 0.25) is 0 Å². The molecular weight excluding hydrogens is 300 g/mol. The van der Waals surface area contributed by atoms with Crippen molar-refractivity contribution >= 4 is 0 Å². The second-order valence-electron chi connectivity index (χ2n) is 6.11. The second-order valence-corrected chi connectivity index (χ2v) is 6.11. The molecule has 126 valence electrons. The number of hydrogen-bond acceptors (Lipinski definition) is 3. The van der Waals surface area contributed by atoms with Crippen LogP contribution in [0.3, 0.4) is 0 Å². The van der Waals surface area contributed by atoms with Crippen LogP contribution in [0.15, 0.2) is 30.3 Å². The number of aryl methyl sites for hydroxylation is 1. The van der Waals surface area contributed by atoms with Gasteiger partial charge >= 0.3 is 0 Å². The standard InChI is InChI=1S/C17H23F2N3O/c1-17(2,19)8-9-22-16(10-15(21-22)11-20-3)23-12-13-4-6-14(18)7-5-13/h4-7,10,20H,8-9,11-12H2,1-3H3. The fraction of sp³-hybridized carbons (Fsp3) is 0.471. The van der Waals surface area contributed by atoms with E-state index >= 15 is 0 Å². The van der Waals surface area contributed by atoms with Gasteiger partial charge in [0.15, 0.2) is 0 Å². The third kappa shape index (κ3) is 5.63. The molecule has 1 N–H and O–H groups in total. The number of ether oxygens (including phenoxy) is 1. The third-order valence-electron chi connectivity index (χ3n) is 3.37. The zero-order valence-electron chi connectivity index (χ0n) is 13.8. The first-order valence-electron chi connectivity index (χ1n) is 7.65. The number of aromatic nitrogens is 2. The van der Waals surface area contributed by atoms with Gasteiger partial charge < -0.3 is 10.1 Å². The number of benzene rings is 1. The quantitative estimate of drug-likeness (QED) is 0.808. The Balaban J connectivity index is 2.06. The molecule has 0 aliphatic carbocycles. The fourth-order valence-corrected chi connectivity index (χ4v) is 2.10. The van der Waals surface area contributed by atoms with Crippen molar-refractivity contribution in [2.24, 2.45) is 0 Å². The van der Waals surface area contributed by atoms with Crippen LogP contribution < -0.4 is 10.1 Å². The molecule has 2 aromatic rings. The van der Waals surface area contributed by atoms with Crippen LogP contribution in [-0.2, 0) is 19.7 Å². The predicted octanol–water partition coefficient (Wildman–Crippen LogP) is 3.46. The minimum absolute atomic E-state index is 0.278. The molecule has 0 saturated heterocycles. The molecule has 0 saturated carbocycles. The van der Waals surface area contributed by atoms with E-state index in [9.17, 15) is 8.78 Å². The Labute approximate surface area is 135 Å². The number of nitrogens with one attached hydrogen (secondary N) is 1. The van der Waals surface area contributed by atoms with Crippen molar-refractivity contribution in [2.45, 2.75) is 45.6 Å². The lowest BCUT2D eigenvalue weighted by Crippen LogP contribution is -2.17.